The molecule has 88 valence electrons. The largest absolute Gasteiger partial charge is 0.494 e. The number of hydrogen-bond donors (Lipinski definition) is 1. The first kappa shape index (κ1) is 11.7. The Morgan fingerprint density at radius 1 is 1.35 bits per heavy atom. The molecule has 0 radical (unpaired) electrons. The second kappa shape index (κ2) is 4.59. The lowest BCUT2D eigenvalue weighted by Gasteiger charge is -2.06. The fraction of sp³-hybridized carbons (Fsp3) is 0.154. The first-order valence-corrected chi connectivity index (χ1v) is 5.98. The van der Waals surface area contributed by atoms with E-state index in [1.807, 2.05) is 31.2 Å². The minimum atomic E-state index is -0.960. The van der Waals surface area contributed by atoms with Gasteiger partial charge in [-0.1, -0.05) is 24.3 Å². The Kier molecular flexibility index (Phi) is 3.15. The molecule has 0 bridgehead atoms. The zero-order valence-corrected chi connectivity index (χ0v) is 10.4. The Morgan fingerprint density at radius 3 is 2.65 bits per heavy atom. The number of carboxylic acid groups (broad SMARTS) is 1. The molecule has 0 aliphatic rings. The predicted molar refractivity (Wildman–Crippen MR) is 68.0 cm³/mol. The molecule has 1 aromatic heterocycles. The van der Waals surface area contributed by atoms with Gasteiger partial charge in [0.2, 0.25) is 0 Å². The molecule has 0 saturated carbocycles. The van der Waals surface area contributed by atoms with E-state index in [1.165, 1.54) is 18.4 Å². The smallest absolute Gasteiger partial charge is 0.340 e. The van der Waals surface area contributed by atoms with Crippen molar-refractivity contribution in [2.75, 3.05) is 7.11 Å². The third-order valence-electron chi connectivity index (χ3n) is 2.57. The second-order valence-electron chi connectivity index (χ2n) is 3.63. The first-order chi connectivity index (χ1) is 8.15. The number of aromatic carboxylic acids is 1. The van der Waals surface area contributed by atoms with Crippen molar-refractivity contribution in [2.24, 2.45) is 0 Å². The van der Waals surface area contributed by atoms with Crippen LogP contribution in [0.1, 0.15) is 15.9 Å². The number of thiophene rings is 1. The number of rotatable bonds is 3. The monoisotopic (exact) mass is 248 g/mol. The maximum atomic E-state index is 11.0. The van der Waals surface area contributed by atoms with Crippen LogP contribution in [0.15, 0.2) is 29.6 Å². The number of ether oxygens (including phenoxy) is 1. The van der Waals surface area contributed by atoms with Crippen molar-refractivity contribution in [3.8, 4) is 16.2 Å². The van der Waals surface area contributed by atoms with Crippen LogP contribution in [0.2, 0.25) is 0 Å². The lowest BCUT2D eigenvalue weighted by Crippen LogP contribution is -1.97. The molecule has 0 spiro atoms. The molecule has 0 fully saturated rings. The zero-order valence-electron chi connectivity index (χ0n) is 9.56. The Balaban J connectivity index is 2.61. The molecule has 1 heterocycles. The highest BCUT2D eigenvalue weighted by Gasteiger charge is 2.19. The molecule has 17 heavy (non-hydrogen) atoms. The first-order valence-electron chi connectivity index (χ1n) is 5.10. The Labute approximate surface area is 103 Å². The van der Waals surface area contributed by atoms with Gasteiger partial charge in [0.05, 0.1) is 12.0 Å². The van der Waals surface area contributed by atoms with Crippen molar-refractivity contribution in [1.29, 1.82) is 0 Å². The van der Waals surface area contributed by atoms with Gasteiger partial charge < -0.3 is 9.84 Å². The van der Waals surface area contributed by atoms with E-state index in [2.05, 4.69) is 0 Å². The summed E-state index contributed by atoms with van der Waals surface area (Å²) in [5.41, 5.74) is 2.34. The summed E-state index contributed by atoms with van der Waals surface area (Å²) in [6, 6.07) is 7.85. The molecule has 0 aliphatic heterocycles. The zero-order chi connectivity index (χ0) is 12.4. The molecule has 1 aromatic carbocycles. The predicted octanol–water partition coefficient (Wildman–Crippen LogP) is 3.43. The van der Waals surface area contributed by atoms with Gasteiger partial charge in [-0.05, 0) is 18.1 Å². The third-order valence-corrected chi connectivity index (χ3v) is 3.56. The SMILES string of the molecule is COc1c(C(=O)O)csc1-c1ccccc1C. The van der Waals surface area contributed by atoms with Crippen molar-refractivity contribution in [3.05, 3.63) is 40.8 Å². The van der Waals surface area contributed by atoms with Crippen LogP contribution in [0.4, 0.5) is 0 Å². The molecule has 3 nitrogen and oxygen atoms in total. The van der Waals surface area contributed by atoms with Crippen molar-refractivity contribution < 1.29 is 14.6 Å². The summed E-state index contributed by atoms with van der Waals surface area (Å²) in [6.45, 7) is 1.99. The molecule has 0 atom stereocenters. The van der Waals surface area contributed by atoms with E-state index in [4.69, 9.17) is 9.84 Å². The van der Waals surface area contributed by atoms with Crippen LogP contribution < -0.4 is 4.74 Å². The molecular formula is C13H12O3S. The van der Waals surface area contributed by atoms with Gasteiger partial charge in [0.1, 0.15) is 5.56 Å². The van der Waals surface area contributed by atoms with Crippen LogP contribution in [0.3, 0.4) is 0 Å². The average molecular weight is 248 g/mol. The fourth-order valence-corrected chi connectivity index (χ4v) is 2.81. The van der Waals surface area contributed by atoms with Crippen molar-refractivity contribution in [3.63, 3.8) is 0 Å². The lowest BCUT2D eigenvalue weighted by molar-refractivity contribution is 0.0694. The number of benzene rings is 1. The molecular weight excluding hydrogens is 236 g/mol. The topological polar surface area (TPSA) is 46.5 Å². The molecule has 0 aliphatic carbocycles. The quantitative estimate of drug-likeness (QED) is 0.905. The molecule has 0 unspecified atom stereocenters. The fourth-order valence-electron chi connectivity index (χ4n) is 1.71. The Bertz CT molecular complexity index is 558. The van der Waals surface area contributed by atoms with Gasteiger partial charge in [-0.3, -0.25) is 0 Å². The summed E-state index contributed by atoms with van der Waals surface area (Å²) in [6.07, 6.45) is 0. The van der Waals surface area contributed by atoms with Gasteiger partial charge in [0, 0.05) is 5.38 Å². The van der Waals surface area contributed by atoms with E-state index >= 15 is 0 Å². The maximum absolute atomic E-state index is 11.0. The van der Waals surface area contributed by atoms with Gasteiger partial charge in [0.25, 0.3) is 0 Å². The van der Waals surface area contributed by atoms with Gasteiger partial charge in [0.15, 0.2) is 5.75 Å². The number of carboxylic acids is 1. The summed E-state index contributed by atoms with van der Waals surface area (Å²) in [5, 5.41) is 10.7. The van der Waals surface area contributed by atoms with Crippen molar-refractivity contribution in [1.82, 2.24) is 0 Å². The third kappa shape index (κ3) is 2.03. The van der Waals surface area contributed by atoms with E-state index in [1.54, 1.807) is 5.38 Å². The standard InChI is InChI=1S/C13H12O3S/c1-8-5-3-4-6-9(8)12-11(16-2)10(7-17-12)13(14)15/h3-7H,1-2H3,(H,14,15). The number of methoxy groups -OCH3 is 1. The van der Waals surface area contributed by atoms with E-state index < -0.39 is 5.97 Å². The summed E-state index contributed by atoms with van der Waals surface area (Å²) in [7, 11) is 1.50. The molecule has 2 aromatic rings. The van der Waals surface area contributed by atoms with Gasteiger partial charge in [-0.2, -0.15) is 0 Å². The van der Waals surface area contributed by atoms with Crippen LogP contribution in [0.25, 0.3) is 10.4 Å². The molecule has 0 amide bonds. The Morgan fingerprint density at radius 2 is 2.06 bits per heavy atom. The highest BCUT2D eigenvalue weighted by atomic mass is 32.1. The normalized spacial score (nSPS) is 10.2. The summed E-state index contributed by atoms with van der Waals surface area (Å²) in [4.78, 5) is 11.9. The second-order valence-corrected chi connectivity index (χ2v) is 4.51. The number of carbonyl (C=O) groups is 1. The van der Waals surface area contributed by atoms with Crippen LogP contribution >= 0.6 is 11.3 Å². The summed E-state index contributed by atoms with van der Waals surface area (Å²) in [5.74, 6) is -0.519. The molecule has 4 heteroatoms. The number of aryl methyl sites for hydroxylation is 1. The van der Waals surface area contributed by atoms with Crippen molar-refractivity contribution in [2.45, 2.75) is 6.92 Å². The molecule has 2 rings (SSSR count). The summed E-state index contributed by atoms with van der Waals surface area (Å²) < 4.78 is 5.22. The van der Waals surface area contributed by atoms with Gasteiger partial charge >= 0.3 is 5.97 Å². The minimum absolute atomic E-state index is 0.218. The average Bonchev–Trinajstić information content (AvgIpc) is 2.73. The van der Waals surface area contributed by atoms with Crippen molar-refractivity contribution >= 4 is 17.3 Å². The van der Waals surface area contributed by atoms with Crippen LogP contribution in [0.5, 0.6) is 5.75 Å². The van der Waals surface area contributed by atoms with Crippen LogP contribution in [0, 0.1) is 6.92 Å². The number of hydrogen-bond acceptors (Lipinski definition) is 3. The van der Waals surface area contributed by atoms with Crippen LogP contribution in [-0.2, 0) is 0 Å². The summed E-state index contributed by atoms with van der Waals surface area (Å²) >= 11 is 1.39. The van der Waals surface area contributed by atoms with Gasteiger partial charge in [-0.15, -0.1) is 11.3 Å². The highest BCUT2D eigenvalue weighted by molar-refractivity contribution is 7.14. The highest BCUT2D eigenvalue weighted by Crippen LogP contribution is 2.40. The van der Waals surface area contributed by atoms with Crippen LogP contribution in [-0.4, -0.2) is 18.2 Å². The van der Waals surface area contributed by atoms with E-state index in [-0.39, 0.29) is 5.56 Å². The minimum Gasteiger partial charge on any atom is -0.494 e. The van der Waals surface area contributed by atoms with E-state index in [0.29, 0.717) is 5.75 Å². The van der Waals surface area contributed by atoms with E-state index in [9.17, 15) is 4.79 Å². The van der Waals surface area contributed by atoms with E-state index in [0.717, 1.165) is 16.0 Å². The molecule has 1 N–H and O–H groups in total. The maximum Gasteiger partial charge on any atom is 0.340 e. The molecule has 0 saturated heterocycles. The Hall–Kier alpha value is -1.81. The lowest BCUT2D eigenvalue weighted by atomic mass is 10.1. The van der Waals surface area contributed by atoms with Gasteiger partial charge in [-0.25, -0.2) is 4.79 Å².